The number of hydrogen-bond donors (Lipinski definition) is 3. The van der Waals surface area contributed by atoms with E-state index in [1.807, 2.05) is 0 Å². The van der Waals surface area contributed by atoms with Gasteiger partial charge in [-0.1, -0.05) is 45.0 Å². The maximum atomic E-state index is 12.0. The van der Waals surface area contributed by atoms with Gasteiger partial charge in [0.25, 0.3) is 0 Å². The van der Waals surface area contributed by atoms with Crippen molar-refractivity contribution in [3.8, 4) is 0 Å². The molecule has 1 aromatic rings. The van der Waals surface area contributed by atoms with Gasteiger partial charge in [0.05, 0.1) is 11.4 Å². The maximum absolute atomic E-state index is 12.0. The summed E-state index contributed by atoms with van der Waals surface area (Å²) in [7, 11) is 0. The topological polar surface area (TPSA) is 78.4 Å². The van der Waals surface area contributed by atoms with Crippen molar-refractivity contribution in [1.29, 1.82) is 0 Å². The van der Waals surface area contributed by atoms with E-state index in [4.69, 9.17) is 5.11 Å². The van der Waals surface area contributed by atoms with Gasteiger partial charge >= 0.3 is 5.97 Å². The van der Waals surface area contributed by atoms with E-state index in [1.54, 1.807) is 11.8 Å². The number of amides is 1. The fourth-order valence-electron chi connectivity index (χ4n) is 2.82. The molecule has 1 amide bonds. The Hall–Kier alpha value is -1.24. The van der Waals surface area contributed by atoms with Crippen LogP contribution in [0.1, 0.15) is 37.8 Å². The maximum Gasteiger partial charge on any atom is 0.322 e. The first-order valence-electron chi connectivity index (χ1n) is 8.32. The van der Waals surface area contributed by atoms with Gasteiger partial charge in [-0.2, -0.15) is 0 Å². The predicted molar refractivity (Wildman–Crippen MR) is 104 cm³/mol. The van der Waals surface area contributed by atoms with Gasteiger partial charge < -0.3 is 10.4 Å². The number of carboxylic acids is 1. The monoisotopic (exact) mass is 386 g/mol. The van der Waals surface area contributed by atoms with E-state index >= 15 is 0 Å². The number of carboxylic acid groups (broad SMARTS) is 1. The van der Waals surface area contributed by atoms with Gasteiger partial charge in [-0.05, 0) is 23.5 Å². The summed E-state index contributed by atoms with van der Waals surface area (Å²) in [4.78, 5) is 22.5. The van der Waals surface area contributed by atoms with Crippen LogP contribution in [0.3, 0.4) is 0 Å². The molecule has 25 heavy (non-hydrogen) atoms. The summed E-state index contributed by atoms with van der Waals surface area (Å²) in [6.45, 7) is 6.25. The molecule has 3 N–H and O–H groups in total. The number of rotatable bonds is 7. The fraction of sp³-hybridized carbons (Fsp3) is 0.556. The fourth-order valence-corrected chi connectivity index (χ4v) is 4.18. The summed E-state index contributed by atoms with van der Waals surface area (Å²) >= 11 is 1.71. The second kappa shape index (κ2) is 10.0. The number of hydrogen-bond acceptors (Lipinski definition) is 4. The number of halogens is 1. The summed E-state index contributed by atoms with van der Waals surface area (Å²) in [5.74, 6) is 0.310. The molecule has 0 aliphatic carbocycles. The molecule has 0 aromatic heterocycles. The van der Waals surface area contributed by atoms with E-state index in [9.17, 15) is 9.59 Å². The van der Waals surface area contributed by atoms with Crippen LogP contribution in [0.15, 0.2) is 24.3 Å². The second-order valence-corrected chi connectivity index (χ2v) is 7.89. The van der Waals surface area contributed by atoms with Crippen LogP contribution in [-0.2, 0) is 16.0 Å². The molecule has 3 unspecified atom stereocenters. The third-order valence-corrected chi connectivity index (χ3v) is 5.57. The molecule has 1 fully saturated rings. The number of nitrogens with one attached hydrogen (secondary N) is 2. The zero-order chi connectivity index (χ0) is 17.7. The van der Waals surface area contributed by atoms with Crippen molar-refractivity contribution < 1.29 is 14.7 Å². The zero-order valence-corrected chi connectivity index (χ0v) is 16.5. The average Bonchev–Trinajstić information content (AvgIpc) is 3.02. The first-order chi connectivity index (χ1) is 11.4. The van der Waals surface area contributed by atoms with Crippen LogP contribution in [-0.4, -0.2) is 40.7 Å². The van der Waals surface area contributed by atoms with Crippen molar-refractivity contribution in [3.63, 3.8) is 0 Å². The Morgan fingerprint density at radius 3 is 2.48 bits per heavy atom. The third kappa shape index (κ3) is 6.53. The lowest BCUT2D eigenvalue weighted by Gasteiger charge is -2.21. The number of thioether (sulfide) groups is 1. The van der Waals surface area contributed by atoms with Crippen molar-refractivity contribution in [2.24, 2.45) is 5.92 Å². The van der Waals surface area contributed by atoms with E-state index in [2.05, 4.69) is 55.7 Å². The molecule has 2 rings (SSSR count). The summed E-state index contributed by atoms with van der Waals surface area (Å²) in [6.07, 6.45) is 1.08. The first kappa shape index (κ1) is 21.8. The van der Waals surface area contributed by atoms with Crippen LogP contribution in [0.25, 0.3) is 0 Å². The molecule has 1 aliphatic rings. The molecule has 0 saturated carbocycles. The minimum Gasteiger partial charge on any atom is -0.480 e. The highest BCUT2D eigenvalue weighted by Crippen LogP contribution is 2.32. The lowest BCUT2D eigenvalue weighted by atomic mass is 9.96. The largest absolute Gasteiger partial charge is 0.480 e. The molecular formula is C18H27ClN2O3S. The predicted octanol–water partition coefficient (Wildman–Crippen LogP) is 2.64. The van der Waals surface area contributed by atoms with Crippen LogP contribution in [0, 0.1) is 5.92 Å². The van der Waals surface area contributed by atoms with Gasteiger partial charge in [-0.25, -0.2) is 0 Å². The molecule has 1 aromatic carbocycles. The molecule has 1 aliphatic heterocycles. The normalized spacial score (nSPS) is 20.8. The lowest BCUT2D eigenvalue weighted by molar-refractivity contribution is -0.138. The van der Waals surface area contributed by atoms with Crippen molar-refractivity contribution >= 4 is 36.0 Å². The molecular weight excluding hydrogens is 360 g/mol. The molecule has 140 valence electrons. The summed E-state index contributed by atoms with van der Waals surface area (Å²) < 4.78 is 0. The van der Waals surface area contributed by atoms with E-state index in [0.717, 1.165) is 6.42 Å². The second-order valence-electron chi connectivity index (χ2n) is 6.71. The highest BCUT2D eigenvalue weighted by molar-refractivity contribution is 8.00. The third-order valence-electron chi connectivity index (χ3n) is 4.14. The van der Waals surface area contributed by atoms with Gasteiger partial charge in [-0.15, -0.1) is 24.2 Å². The molecule has 3 atom stereocenters. The van der Waals surface area contributed by atoms with Crippen LogP contribution in [0.5, 0.6) is 0 Å². The number of benzene rings is 1. The smallest absolute Gasteiger partial charge is 0.322 e. The standard InChI is InChI=1S/C18H26N2O3S.ClH/c1-11(2)8-13-4-6-14(7-5-13)12(3)18-20-15(10-24-18)17(23)19-9-16(21)22;/h4-7,11-12,15,18,20H,8-10H2,1-3H3,(H,19,23)(H,21,22);1H. The first-order valence-corrected chi connectivity index (χ1v) is 9.37. The van der Waals surface area contributed by atoms with E-state index in [-0.39, 0.29) is 42.2 Å². The van der Waals surface area contributed by atoms with Crippen molar-refractivity contribution in [2.45, 2.75) is 44.5 Å². The quantitative estimate of drug-likeness (QED) is 0.671. The van der Waals surface area contributed by atoms with E-state index < -0.39 is 5.97 Å². The van der Waals surface area contributed by atoms with Gasteiger partial charge in [0.1, 0.15) is 6.54 Å². The van der Waals surface area contributed by atoms with Gasteiger partial charge in [0.2, 0.25) is 5.91 Å². The Morgan fingerprint density at radius 1 is 1.28 bits per heavy atom. The van der Waals surface area contributed by atoms with Crippen LogP contribution >= 0.6 is 24.2 Å². The molecule has 0 spiro atoms. The van der Waals surface area contributed by atoms with Gasteiger partial charge in [0.15, 0.2) is 0 Å². The minimum atomic E-state index is -1.03. The van der Waals surface area contributed by atoms with Crippen molar-refractivity contribution in [2.75, 3.05) is 12.3 Å². The number of aliphatic carboxylic acids is 1. The Balaban J connectivity index is 0.00000312. The molecule has 5 nitrogen and oxygen atoms in total. The Bertz CT molecular complexity index is 580. The summed E-state index contributed by atoms with van der Waals surface area (Å²) in [6, 6.07) is 8.37. The van der Waals surface area contributed by atoms with Crippen molar-refractivity contribution in [3.05, 3.63) is 35.4 Å². The highest BCUT2D eigenvalue weighted by Gasteiger charge is 2.33. The Labute approximate surface area is 159 Å². The SMILES string of the molecule is CC(C)Cc1ccc(C(C)C2NC(C(=O)NCC(=O)O)CS2)cc1.Cl. The molecule has 7 heteroatoms. The molecule has 0 radical (unpaired) electrons. The van der Waals surface area contributed by atoms with Gasteiger partial charge in [-0.3, -0.25) is 14.9 Å². The highest BCUT2D eigenvalue weighted by atomic mass is 35.5. The van der Waals surface area contributed by atoms with E-state index in [1.165, 1.54) is 11.1 Å². The van der Waals surface area contributed by atoms with Crippen molar-refractivity contribution in [1.82, 2.24) is 10.6 Å². The average molecular weight is 387 g/mol. The zero-order valence-electron chi connectivity index (χ0n) is 14.8. The number of carbonyl (C=O) groups excluding carboxylic acids is 1. The van der Waals surface area contributed by atoms with Crippen LogP contribution < -0.4 is 10.6 Å². The van der Waals surface area contributed by atoms with E-state index in [0.29, 0.717) is 11.7 Å². The lowest BCUT2D eigenvalue weighted by Crippen LogP contribution is -2.46. The summed E-state index contributed by atoms with van der Waals surface area (Å²) in [5.41, 5.74) is 2.60. The summed E-state index contributed by atoms with van der Waals surface area (Å²) in [5, 5.41) is 14.5. The Kier molecular flexibility index (Phi) is 8.76. The Morgan fingerprint density at radius 2 is 1.92 bits per heavy atom. The number of carbonyl (C=O) groups is 2. The van der Waals surface area contributed by atoms with Crippen LogP contribution in [0.2, 0.25) is 0 Å². The van der Waals surface area contributed by atoms with Crippen LogP contribution in [0.4, 0.5) is 0 Å². The van der Waals surface area contributed by atoms with Gasteiger partial charge in [0, 0.05) is 11.7 Å². The molecule has 0 bridgehead atoms. The minimum absolute atomic E-state index is 0. The molecule has 1 heterocycles. The molecule has 1 saturated heterocycles.